The summed E-state index contributed by atoms with van der Waals surface area (Å²) in [6.07, 6.45) is 0. The van der Waals surface area contributed by atoms with E-state index >= 15 is 0 Å². The van der Waals surface area contributed by atoms with Crippen molar-refractivity contribution >= 4 is 28.6 Å². The largest absolute Gasteiger partial charge is 0.454 e. The number of rotatable bonds is 7. The van der Waals surface area contributed by atoms with E-state index < -0.39 is 5.97 Å². The molecule has 0 aromatic heterocycles. The lowest BCUT2D eigenvalue weighted by molar-refractivity contribution is -0.147. The van der Waals surface area contributed by atoms with Gasteiger partial charge in [-0.15, -0.1) is 0 Å². The Kier molecular flexibility index (Phi) is 6.72. The van der Waals surface area contributed by atoms with Crippen LogP contribution in [0.3, 0.4) is 0 Å². The fraction of sp³-hybridized carbons (Fsp3) is 0.350. The van der Waals surface area contributed by atoms with E-state index in [1.807, 2.05) is 51.1 Å². The standard InChI is InChI=1S/C20H24N2O4/c1-13(2)14(3)22-18(23)12-26-19(24)11-21-20(25)17-9-8-15-6-4-5-7-16(15)10-17/h4-10,13-14H,11-12H2,1-3H3,(H,21,25)(H,22,23)/t14-/m1/s1. The van der Waals surface area contributed by atoms with E-state index in [2.05, 4.69) is 10.6 Å². The summed E-state index contributed by atoms with van der Waals surface area (Å²) in [6, 6.07) is 13.0. The van der Waals surface area contributed by atoms with Crippen LogP contribution < -0.4 is 10.6 Å². The molecule has 0 aliphatic heterocycles. The van der Waals surface area contributed by atoms with Crippen LogP contribution in [0, 0.1) is 5.92 Å². The van der Waals surface area contributed by atoms with E-state index in [0.29, 0.717) is 5.56 Å². The van der Waals surface area contributed by atoms with E-state index in [1.54, 1.807) is 12.1 Å². The van der Waals surface area contributed by atoms with Gasteiger partial charge < -0.3 is 15.4 Å². The zero-order valence-corrected chi connectivity index (χ0v) is 15.2. The van der Waals surface area contributed by atoms with Crippen molar-refractivity contribution in [3.05, 3.63) is 48.0 Å². The van der Waals surface area contributed by atoms with E-state index in [-0.39, 0.29) is 36.9 Å². The number of carbonyl (C=O) groups is 3. The molecule has 6 heteroatoms. The third-order valence-corrected chi connectivity index (χ3v) is 4.16. The van der Waals surface area contributed by atoms with E-state index in [9.17, 15) is 14.4 Å². The Morgan fingerprint density at radius 3 is 2.38 bits per heavy atom. The molecular weight excluding hydrogens is 332 g/mol. The number of hydrogen-bond donors (Lipinski definition) is 2. The Hall–Kier alpha value is -2.89. The lowest BCUT2D eigenvalue weighted by Crippen LogP contribution is -2.39. The second kappa shape index (κ2) is 8.99. The van der Waals surface area contributed by atoms with Gasteiger partial charge in [0.15, 0.2) is 6.61 Å². The molecule has 2 rings (SSSR count). The number of ether oxygens (including phenoxy) is 1. The van der Waals surface area contributed by atoms with Gasteiger partial charge in [-0.05, 0) is 35.7 Å². The molecule has 0 radical (unpaired) electrons. The van der Waals surface area contributed by atoms with Gasteiger partial charge in [0.1, 0.15) is 6.54 Å². The molecule has 1 atom stereocenters. The molecule has 138 valence electrons. The first-order valence-corrected chi connectivity index (χ1v) is 8.59. The first-order valence-electron chi connectivity index (χ1n) is 8.59. The molecule has 2 amide bonds. The van der Waals surface area contributed by atoms with Crippen LogP contribution in [0.15, 0.2) is 42.5 Å². The molecule has 6 nitrogen and oxygen atoms in total. The molecular formula is C20H24N2O4. The van der Waals surface area contributed by atoms with Crippen LogP contribution in [0.25, 0.3) is 10.8 Å². The summed E-state index contributed by atoms with van der Waals surface area (Å²) in [6.45, 7) is 5.20. The third-order valence-electron chi connectivity index (χ3n) is 4.16. The fourth-order valence-electron chi connectivity index (χ4n) is 2.24. The summed E-state index contributed by atoms with van der Waals surface area (Å²) in [5, 5.41) is 7.22. The van der Waals surface area contributed by atoms with Crippen LogP contribution in [0.5, 0.6) is 0 Å². The van der Waals surface area contributed by atoms with Crippen molar-refractivity contribution in [3.63, 3.8) is 0 Å². The highest BCUT2D eigenvalue weighted by molar-refractivity contribution is 5.99. The molecule has 26 heavy (non-hydrogen) atoms. The number of hydrogen-bond acceptors (Lipinski definition) is 4. The minimum atomic E-state index is -0.661. The second-order valence-electron chi connectivity index (χ2n) is 6.51. The lowest BCUT2D eigenvalue weighted by Gasteiger charge is -2.17. The Labute approximate surface area is 152 Å². The molecule has 2 N–H and O–H groups in total. The van der Waals surface area contributed by atoms with Crippen LogP contribution in [-0.4, -0.2) is 37.0 Å². The first-order chi connectivity index (χ1) is 12.4. The van der Waals surface area contributed by atoms with Crippen LogP contribution in [-0.2, 0) is 14.3 Å². The highest BCUT2D eigenvalue weighted by Gasteiger charge is 2.14. The van der Waals surface area contributed by atoms with Crippen molar-refractivity contribution in [1.29, 1.82) is 0 Å². The van der Waals surface area contributed by atoms with E-state index in [0.717, 1.165) is 10.8 Å². The zero-order valence-electron chi connectivity index (χ0n) is 15.2. The molecule has 2 aromatic rings. The molecule has 2 aromatic carbocycles. The molecule has 0 aliphatic carbocycles. The summed E-state index contributed by atoms with van der Waals surface area (Å²) >= 11 is 0. The van der Waals surface area contributed by atoms with E-state index in [4.69, 9.17) is 4.74 Å². The number of esters is 1. The third kappa shape index (κ3) is 5.58. The van der Waals surface area contributed by atoms with Crippen LogP contribution in [0.4, 0.5) is 0 Å². The van der Waals surface area contributed by atoms with Crippen LogP contribution in [0.2, 0.25) is 0 Å². The van der Waals surface area contributed by atoms with Gasteiger partial charge in [0, 0.05) is 11.6 Å². The quantitative estimate of drug-likeness (QED) is 0.746. The van der Waals surface area contributed by atoms with Crippen molar-refractivity contribution in [3.8, 4) is 0 Å². The predicted molar refractivity (Wildman–Crippen MR) is 99.7 cm³/mol. The zero-order chi connectivity index (χ0) is 19.1. The topological polar surface area (TPSA) is 84.5 Å². The summed E-state index contributed by atoms with van der Waals surface area (Å²) in [7, 11) is 0. The molecule has 0 fully saturated rings. The minimum Gasteiger partial charge on any atom is -0.454 e. The van der Waals surface area contributed by atoms with Gasteiger partial charge in [-0.2, -0.15) is 0 Å². The molecule has 0 bridgehead atoms. The lowest BCUT2D eigenvalue weighted by atomic mass is 10.1. The average Bonchev–Trinajstić information content (AvgIpc) is 2.63. The summed E-state index contributed by atoms with van der Waals surface area (Å²) < 4.78 is 4.88. The molecule has 0 aliphatic rings. The Morgan fingerprint density at radius 2 is 1.69 bits per heavy atom. The molecule has 0 saturated carbocycles. The maximum Gasteiger partial charge on any atom is 0.325 e. The van der Waals surface area contributed by atoms with Gasteiger partial charge in [0.25, 0.3) is 11.8 Å². The number of nitrogens with one attached hydrogen (secondary N) is 2. The highest BCUT2D eigenvalue weighted by Crippen LogP contribution is 2.15. The second-order valence-corrected chi connectivity index (χ2v) is 6.51. The van der Waals surface area contributed by atoms with Crippen molar-refractivity contribution < 1.29 is 19.1 Å². The highest BCUT2D eigenvalue weighted by atomic mass is 16.5. The molecule has 0 spiro atoms. The van der Waals surface area contributed by atoms with Crippen molar-refractivity contribution in [2.24, 2.45) is 5.92 Å². The Morgan fingerprint density at radius 1 is 1.00 bits per heavy atom. The summed E-state index contributed by atoms with van der Waals surface area (Å²) in [5.74, 6) is -1.10. The summed E-state index contributed by atoms with van der Waals surface area (Å²) in [5.41, 5.74) is 0.458. The van der Waals surface area contributed by atoms with Gasteiger partial charge in [-0.1, -0.05) is 44.2 Å². The first kappa shape index (κ1) is 19.4. The van der Waals surface area contributed by atoms with Gasteiger partial charge in [0.05, 0.1) is 0 Å². The average molecular weight is 356 g/mol. The van der Waals surface area contributed by atoms with Gasteiger partial charge in [-0.25, -0.2) is 0 Å². The maximum absolute atomic E-state index is 12.2. The van der Waals surface area contributed by atoms with Gasteiger partial charge >= 0.3 is 5.97 Å². The van der Waals surface area contributed by atoms with Crippen molar-refractivity contribution in [2.75, 3.05) is 13.2 Å². The molecule has 0 unspecified atom stereocenters. The van der Waals surface area contributed by atoms with Crippen molar-refractivity contribution in [1.82, 2.24) is 10.6 Å². The van der Waals surface area contributed by atoms with Crippen LogP contribution in [0.1, 0.15) is 31.1 Å². The maximum atomic E-state index is 12.2. The van der Waals surface area contributed by atoms with Crippen molar-refractivity contribution in [2.45, 2.75) is 26.8 Å². The Bertz CT molecular complexity index is 801. The SMILES string of the molecule is CC(C)[C@@H](C)NC(=O)COC(=O)CNC(=O)c1ccc2ccccc2c1. The fourth-order valence-corrected chi connectivity index (χ4v) is 2.24. The molecule has 0 saturated heterocycles. The number of fused-ring (bicyclic) bond motifs is 1. The number of amides is 2. The van der Waals surface area contributed by atoms with Crippen LogP contribution >= 0.6 is 0 Å². The number of carbonyl (C=O) groups excluding carboxylic acids is 3. The number of benzene rings is 2. The molecule has 0 heterocycles. The summed E-state index contributed by atoms with van der Waals surface area (Å²) in [4.78, 5) is 35.5. The minimum absolute atomic E-state index is 0.00573. The predicted octanol–water partition coefficient (Wildman–Crippen LogP) is 2.27. The Balaban J connectivity index is 1.79. The monoisotopic (exact) mass is 356 g/mol. The van der Waals surface area contributed by atoms with E-state index in [1.165, 1.54) is 0 Å². The normalized spacial score (nSPS) is 11.8. The van der Waals surface area contributed by atoms with Gasteiger partial charge in [-0.3, -0.25) is 14.4 Å². The van der Waals surface area contributed by atoms with Gasteiger partial charge in [0.2, 0.25) is 0 Å². The smallest absolute Gasteiger partial charge is 0.325 e.